The Bertz CT molecular complexity index is 506. The molecule has 1 aromatic rings. The Kier molecular flexibility index (Phi) is 5.01. The van der Waals surface area contributed by atoms with Gasteiger partial charge in [0.05, 0.1) is 18.5 Å². The Balaban J connectivity index is 2.19. The molecule has 1 unspecified atom stereocenters. The molecule has 21 heavy (non-hydrogen) atoms. The van der Waals surface area contributed by atoms with Crippen molar-refractivity contribution in [2.75, 3.05) is 44.4 Å². The van der Waals surface area contributed by atoms with Crippen molar-refractivity contribution < 1.29 is 9.53 Å². The highest BCUT2D eigenvalue weighted by Crippen LogP contribution is 2.23. The van der Waals surface area contributed by atoms with Gasteiger partial charge in [-0.25, -0.2) is 9.78 Å². The molecule has 0 spiro atoms. The fourth-order valence-corrected chi connectivity index (χ4v) is 2.75. The first kappa shape index (κ1) is 15.6. The van der Waals surface area contributed by atoms with Crippen LogP contribution in [0.2, 0.25) is 0 Å². The molecule has 0 saturated carbocycles. The zero-order valence-electron chi connectivity index (χ0n) is 13.0. The number of likely N-dealkylation sites (tertiary alicyclic amines) is 1. The van der Waals surface area contributed by atoms with E-state index in [0.717, 1.165) is 13.1 Å². The lowest BCUT2D eigenvalue weighted by Gasteiger charge is -2.27. The van der Waals surface area contributed by atoms with Crippen LogP contribution in [0.15, 0.2) is 12.3 Å². The zero-order valence-corrected chi connectivity index (χ0v) is 13.0. The first-order valence-electron chi connectivity index (χ1n) is 7.37. The molecule has 1 fully saturated rings. The number of likely N-dealkylation sites (N-methyl/N-ethyl adjacent to an activating group) is 2. The quantitative estimate of drug-likeness (QED) is 0.827. The van der Waals surface area contributed by atoms with Crippen LogP contribution in [0.4, 0.5) is 11.5 Å². The number of aromatic nitrogens is 1. The van der Waals surface area contributed by atoms with E-state index in [-0.39, 0.29) is 5.97 Å². The van der Waals surface area contributed by atoms with Crippen molar-refractivity contribution in [1.29, 1.82) is 0 Å². The first-order valence-corrected chi connectivity index (χ1v) is 7.37. The van der Waals surface area contributed by atoms with E-state index in [9.17, 15) is 4.79 Å². The molecule has 1 saturated heterocycles. The summed E-state index contributed by atoms with van der Waals surface area (Å²) in [5.74, 6) is 0.252. The predicted octanol–water partition coefficient (Wildman–Crippen LogP) is 1.37. The van der Waals surface area contributed by atoms with Gasteiger partial charge in [0.1, 0.15) is 11.4 Å². The van der Waals surface area contributed by atoms with Crippen LogP contribution in [0.25, 0.3) is 0 Å². The number of esters is 1. The first-order chi connectivity index (χ1) is 10.0. The standard InChI is InChI=1S/C15H24N4O2/c1-4-21-15(20)13-8-11(16)9-17-14(13)19(3)10-12-6-5-7-18(12)2/h8-9,12H,4-7,10,16H2,1-3H3. The number of carbonyl (C=O) groups is 1. The van der Waals surface area contributed by atoms with Crippen LogP contribution in [-0.4, -0.2) is 55.7 Å². The number of nitrogen functional groups attached to an aromatic ring is 1. The maximum Gasteiger partial charge on any atom is 0.341 e. The second kappa shape index (κ2) is 6.76. The Morgan fingerprint density at radius 1 is 1.62 bits per heavy atom. The van der Waals surface area contributed by atoms with E-state index >= 15 is 0 Å². The molecular weight excluding hydrogens is 268 g/mol. The number of carbonyl (C=O) groups excluding carboxylic acids is 1. The van der Waals surface area contributed by atoms with Crippen molar-refractivity contribution >= 4 is 17.5 Å². The van der Waals surface area contributed by atoms with Gasteiger partial charge in [0.25, 0.3) is 0 Å². The number of anilines is 2. The van der Waals surface area contributed by atoms with Gasteiger partial charge in [0.2, 0.25) is 0 Å². The van der Waals surface area contributed by atoms with E-state index in [1.54, 1.807) is 19.2 Å². The third kappa shape index (κ3) is 3.64. The molecule has 116 valence electrons. The van der Waals surface area contributed by atoms with Gasteiger partial charge in [0.15, 0.2) is 0 Å². The van der Waals surface area contributed by atoms with Crippen LogP contribution >= 0.6 is 0 Å². The maximum atomic E-state index is 12.1. The smallest absolute Gasteiger partial charge is 0.341 e. The van der Waals surface area contributed by atoms with Gasteiger partial charge in [-0.15, -0.1) is 0 Å². The Morgan fingerprint density at radius 3 is 3.00 bits per heavy atom. The predicted molar refractivity (Wildman–Crippen MR) is 83.5 cm³/mol. The number of pyridine rings is 1. The highest BCUT2D eigenvalue weighted by Gasteiger charge is 2.25. The van der Waals surface area contributed by atoms with Crippen molar-refractivity contribution in [3.63, 3.8) is 0 Å². The summed E-state index contributed by atoms with van der Waals surface area (Å²) < 4.78 is 5.09. The summed E-state index contributed by atoms with van der Waals surface area (Å²) in [5, 5.41) is 0. The second-order valence-electron chi connectivity index (χ2n) is 5.52. The van der Waals surface area contributed by atoms with Gasteiger partial charge in [-0.05, 0) is 39.4 Å². The van der Waals surface area contributed by atoms with E-state index in [1.165, 1.54) is 12.8 Å². The van der Waals surface area contributed by atoms with E-state index in [1.807, 2.05) is 11.9 Å². The summed E-state index contributed by atoms with van der Waals surface area (Å²) in [6.07, 6.45) is 3.96. The lowest BCUT2D eigenvalue weighted by molar-refractivity contribution is 0.0526. The number of hydrogen-bond acceptors (Lipinski definition) is 6. The number of rotatable bonds is 5. The molecular formula is C15H24N4O2. The van der Waals surface area contributed by atoms with Gasteiger partial charge in [-0.1, -0.05) is 0 Å². The van der Waals surface area contributed by atoms with Gasteiger partial charge in [0, 0.05) is 19.6 Å². The highest BCUT2D eigenvalue weighted by molar-refractivity contribution is 5.95. The number of nitrogens with two attached hydrogens (primary N) is 1. The number of nitrogens with zero attached hydrogens (tertiary/aromatic N) is 3. The molecule has 1 aromatic heterocycles. The zero-order chi connectivity index (χ0) is 15.4. The molecule has 0 aromatic carbocycles. The molecule has 6 nitrogen and oxygen atoms in total. The Labute approximate surface area is 125 Å². The molecule has 2 heterocycles. The molecule has 2 N–H and O–H groups in total. The van der Waals surface area contributed by atoms with Crippen LogP contribution in [-0.2, 0) is 4.74 Å². The van der Waals surface area contributed by atoms with Crippen molar-refractivity contribution in [3.05, 3.63) is 17.8 Å². The van der Waals surface area contributed by atoms with Gasteiger partial charge < -0.3 is 20.3 Å². The van der Waals surface area contributed by atoms with Crippen molar-refractivity contribution in [3.8, 4) is 0 Å². The molecule has 1 aliphatic heterocycles. The molecule has 6 heteroatoms. The van der Waals surface area contributed by atoms with Crippen LogP contribution in [0.1, 0.15) is 30.1 Å². The van der Waals surface area contributed by atoms with Crippen LogP contribution in [0.3, 0.4) is 0 Å². The molecule has 0 bridgehead atoms. The maximum absolute atomic E-state index is 12.1. The normalized spacial score (nSPS) is 18.7. The molecule has 0 amide bonds. The van der Waals surface area contributed by atoms with E-state index in [4.69, 9.17) is 10.5 Å². The fraction of sp³-hybridized carbons (Fsp3) is 0.600. The second-order valence-corrected chi connectivity index (χ2v) is 5.52. The number of ether oxygens (including phenoxy) is 1. The van der Waals surface area contributed by atoms with Gasteiger partial charge in [-0.2, -0.15) is 0 Å². The summed E-state index contributed by atoms with van der Waals surface area (Å²) in [7, 11) is 4.08. The summed E-state index contributed by atoms with van der Waals surface area (Å²) in [5.41, 5.74) is 6.65. The van der Waals surface area contributed by atoms with Crippen molar-refractivity contribution in [2.45, 2.75) is 25.8 Å². The van der Waals surface area contributed by atoms with E-state index in [2.05, 4.69) is 16.9 Å². The fourth-order valence-electron chi connectivity index (χ4n) is 2.75. The lowest BCUT2D eigenvalue weighted by Crippen LogP contribution is -2.37. The van der Waals surface area contributed by atoms with E-state index in [0.29, 0.717) is 29.7 Å². The molecule has 1 atom stereocenters. The molecule has 1 aliphatic rings. The van der Waals surface area contributed by atoms with Gasteiger partial charge in [-0.3, -0.25) is 0 Å². The summed E-state index contributed by atoms with van der Waals surface area (Å²) in [4.78, 5) is 20.8. The van der Waals surface area contributed by atoms with Crippen LogP contribution < -0.4 is 10.6 Å². The van der Waals surface area contributed by atoms with Crippen LogP contribution in [0, 0.1) is 0 Å². The largest absolute Gasteiger partial charge is 0.462 e. The summed E-state index contributed by atoms with van der Waals surface area (Å²) in [6.45, 7) is 4.08. The average molecular weight is 292 g/mol. The van der Waals surface area contributed by atoms with Crippen LogP contribution in [0.5, 0.6) is 0 Å². The summed E-state index contributed by atoms with van der Waals surface area (Å²) >= 11 is 0. The minimum atomic E-state index is -0.376. The molecule has 0 radical (unpaired) electrons. The monoisotopic (exact) mass is 292 g/mol. The minimum Gasteiger partial charge on any atom is -0.462 e. The van der Waals surface area contributed by atoms with E-state index < -0.39 is 0 Å². The third-order valence-electron chi connectivity index (χ3n) is 3.90. The molecule has 0 aliphatic carbocycles. The van der Waals surface area contributed by atoms with Crippen molar-refractivity contribution in [2.24, 2.45) is 0 Å². The lowest BCUT2D eigenvalue weighted by atomic mass is 10.2. The van der Waals surface area contributed by atoms with Gasteiger partial charge >= 0.3 is 5.97 Å². The molecule has 2 rings (SSSR count). The Hall–Kier alpha value is -1.82. The highest BCUT2D eigenvalue weighted by atomic mass is 16.5. The SMILES string of the molecule is CCOC(=O)c1cc(N)cnc1N(C)CC1CCCN1C. The third-order valence-corrected chi connectivity index (χ3v) is 3.90. The Morgan fingerprint density at radius 2 is 2.38 bits per heavy atom. The summed E-state index contributed by atoms with van der Waals surface area (Å²) in [6, 6.07) is 2.12. The average Bonchev–Trinajstić information content (AvgIpc) is 2.84. The minimum absolute atomic E-state index is 0.335. The topological polar surface area (TPSA) is 71.7 Å². The van der Waals surface area contributed by atoms with Crippen molar-refractivity contribution in [1.82, 2.24) is 9.88 Å². The number of hydrogen-bond donors (Lipinski definition) is 1.